The number of aliphatic hydroxyl groups is 1. The summed E-state index contributed by atoms with van der Waals surface area (Å²) in [5, 5.41) is 10.5. The Morgan fingerprint density at radius 2 is 2.00 bits per heavy atom. The number of rotatable bonds is 7. The van der Waals surface area contributed by atoms with E-state index in [1.807, 2.05) is 0 Å². The van der Waals surface area contributed by atoms with Crippen LogP contribution in [-0.4, -0.2) is 48.7 Å². The molecule has 1 rings (SSSR count). The van der Waals surface area contributed by atoms with Gasteiger partial charge in [0.1, 0.15) is 5.15 Å². The molecule has 0 aliphatic carbocycles. The average Bonchev–Trinajstić information content (AvgIpc) is 2.65. The van der Waals surface area contributed by atoms with Crippen molar-refractivity contribution in [2.75, 3.05) is 38.6 Å². The summed E-state index contributed by atoms with van der Waals surface area (Å²) in [7, 11) is 4.11. The van der Waals surface area contributed by atoms with E-state index in [1.165, 1.54) is 11.3 Å². The number of aromatic nitrogens is 1. The molecule has 0 amide bonds. The topological polar surface area (TPSA) is 39.6 Å². The van der Waals surface area contributed by atoms with Crippen molar-refractivity contribution in [2.24, 2.45) is 5.92 Å². The maximum atomic E-state index is 9.17. The fourth-order valence-electron chi connectivity index (χ4n) is 1.58. The normalized spacial score (nSPS) is 11.6. The summed E-state index contributed by atoms with van der Waals surface area (Å²) >= 11 is 7.47. The number of likely N-dealkylation sites (N-methyl/N-ethyl adjacent to an activating group) is 1. The summed E-state index contributed by atoms with van der Waals surface area (Å²) in [5.41, 5.74) is 0. The molecule has 0 saturated heterocycles. The van der Waals surface area contributed by atoms with Crippen molar-refractivity contribution >= 4 is 28.1 Å². The molecule has 4 nitrogen and oxygen atoms in total. The van der Waals surface area contributed by atoms with Crippen LogP contribution in [0.15, 0.2) is 0 Å². The van der Waals surface area contributed by atoms with Gasteiger partial charge in [0, 0.05) is 19.6 Å². The molecule has 1 aromatic heterocycles. The number of nitrogens with zero attached hydrogens (tertiary/aromatic N) is 3. The second kappa shape index (κ2) is 7.28. The molecule has 18 heavy (non-hydrogen) atoms. The Bertz CT molecular complexity index is 368. The molecular formula is C12H22ClN3OS. The van der Waals surface area contributed by atoms with Gasteiger partial charge >= 0.3 is 0 Å². The van der Waals surface area contributed by atoms with Crippen LogP contribution in [0.5, 0.6) is 0 Å². The number of anilines is 1. The summed E-state index contributed by atoms with van der Waals surface area (Å²) in [6.07, 6.45) is 0. The fourth-order valence-corrected chi connectivity index (χ4v) is 2.73. The first kappa shape index (κ1) is 15.7. The van der Waals surface area contributed by atoms with Gasteiger partial charge in [-0.2, -0.15) is 0 Å². The summed E-state index contributed by atoms with van der Waals surface area (Å²) < 4.78 is 0. The molecule has 0 aliphatic rings. The third-order valence-corrected chi connectivity index (χ3v) is 3.98. The van der Waals surface area contributed by atoms with Crippen LogP contribution in [0.3, 0.4) is 0 Å². The van der Waals surface area contributed by atoms with Crippen molar-refractivity contribution in [3.63, 3.8) is 0 Å². The standard InChI is InChI=1S/C12H22ClN3OS/c1-9(2)7-16(6-5-15(3)4)12-14-11(13)10(8-17)18-12/h9,17H,5-8H2,1-4H3. The van der Waals surface area contributed by atoms with Crippen molar-refractivity contribution in [1.82, 2.24) is 9.88 Å². The molecule has 0 radical (unpaired) electrons. The van der Waals surface area contributed by atoms with Crippen LogP contribution in [0.4, 0.5) is 5.13 Å². The molecule has 0 aromatic carbocycles. The summed E-state index contributed by atoms with van der Waals surface area (Å²) in [6, 6.07) is 0. The third kappa shape index (κ3) is 4.72. The SMILES string of the molecule is CC(C)CN(CCN(C)C)c1nc(Cl)c(CO)s1. The molecule has 0 bridgehead atoms. The summed E-state index contributed by atoms with van der Waals surface area (Å²) in [5.74, 6) is 0.562. The van der Waals surface area contributed by atoms with Crippen LogP contribution >= 0.6 is 22.9 Å². The van der Waals surface area contributed by atoms with E-state index in [9.17, 15) is 5.11 Å². The number of aliphatic hydroxyl groups excluding tert-OH is 1. The minimum absolute atomic E-state index is 0.0420. The van der Waals surface area contributed by atoms with Gasteiger partial charge in [-0.05, 0) is 20.0 Å². The monoisotopic (exact) mass is 291 g/mol. The molecule has 6 heteroatoms. The van der Waals surface area contributed by atoms with Gasteiger partial charge in [0.05, 0.1) is 11.5 Å². The molecule has 0 spiro atoms. The van der Waals surface area contributed by atoms with E-state index in [0.717, 1.165) is 29.6 Å². The molecule has 1 N–H and O–H groups in total. The summed E-state index contributed by atoms with van der Waals surface area (Å²) in [6.45, 7) is 7.16. The molecule has 0 unspecified atom stereocenters. The molecule has 0 aliphatic heterocycles. The number of halogens is 1. The average molecular weight is 292 g/mol. The van der Waals surface area contributed by atoms with Gasteiger partial charge in [0.15, 0.2) is 5.13 Å². The van der Waals surface area contributed by atoms with E-state index >= 15 is 0 Å². The van der Waals surface area contributed by atoms with Gasteiger partial charge in [-0.1, -0.05) is 36.8 Å². The molecule has 0 fully saturated rings. The molecular weight excluding hydrogens is 270 g/mol. The Balaban J connectivity index is 2.79. The Hall–Kier alpha value is -0.360. The first-order chi connectivity index (χ1) is 8.43. The first-order valence-corrected chi connectivity index (χ1v) is 7.29. The number of hydrogen-bond donors (Lipinski definition) is 1. The van der Waals surface area contributed by atoms with Crippen LogP contribution in [0, 0.1) is 5.92 Å². The number of hydrogen-bond acceptors (Lipinski definition) is 5. The molecule has 0 atom stereocenters. The summed E-state index contributed by atoms with van der Waals surface area (Å²) in [4.78, 5) is 9.47. The van der Waals surface area contributed by atoms with Gasteiger partial charge in [0.25, 0.3) is 0 Å². The quantitative estimate of drug-likeness (QED) is 0.837. The lowest BCUT2D eigenvalue weighted by Gasteiger charge is -2.25. The van der Waals surface area contributed by atoms with Crippen molar-refractivity contribution in [2.45, 2.75) is 20.5 Å². The highest BCUT2D eigenvalue weighted by Gasteiger charge is 2.16. The van der Waals surface area contributed by atoms with Crippen LogP contribution in [0.2, 0.25) is 5.15 Å². The highest BCUT2D eigenvalue weighted by Crippen LogP contribution is 2.29. The van der Waals surface area contributed by atoms with Crippen LogP contribution in [-0.2, 0) is 6.61 Å². The Morgan fingerprint density at radius 3 is 2.44 bits per heavy atom. The second-order valence-corrected chi connectivity index (χ2v) is 6.43. The lowest BCUT2D eigenvalue weighted by molar-refractivity contribution is 0.285. The van der Waals surface area contributed by atoms with E-state index in [-0.39, 0.29) is 6.61 Å². The smallest absolute Gasteiger partial charge is 0.187 e. The molecule has 1 aromatic rings. The van der Waals surface area contributed by atoms with E-state index in [0.29, 0.717) is 11.1 Å². The maximum absolute atomic E-state index is 9.17. The molecule has 104 valence electrons. The Labute approximate surface area is 118 Å². The maximum Gasteiger partial charge on any atom is 0.187 e. The zero-order valence-electron chi connectivity index (χ0n) is 11.5. The highest BCUT2D eigenvalue weighted by molar-refractivity contribution is 7.16. The minimum atomic E-state index is -0.0420. The fraction of sp³-hybridized carbons (Fsp3) is 0.750. The van der Waals surface area contributed by atoms with Crippen LogP contribution < -0.4 is 4.90 Å². The van der Waals surface area contributed by atoms with Gasteiger partial charge < -0.3 is 14.9 Å². The lowest BCUT2D eigenvalue weighted by atomic mass is 10.2. The van der Waals surface area contributed by atoms with Gasteiger partial charge in [-0.15, -0.1) is 0 Å². The predicted molar refractivity (Wildman–Crippen MR) is 78.7 cm³/mol. The lowest BCUT2D eigenvalue weighted by Crippen LogP contribution is -2.34. The van der Waals surface area contributed by atoms with Crippen molar-refractivity contribution in [3.8, 4) is 0 Å². The Morgan fingerprint density at radius 1 is 1.33 bits per heavy atom. The zero-order valence-corrected chi connectivity index (χ0v) is 13.1. The van der Waals surface area contributed by atoms with Gasteiger partial charge in [-0.3, -0.25) is 0 Å². The Kier molecular flexibility index (Phi) is 6.35. The van der Waals surface area contributed by atoms with Crippen molar-refractivity contribution in [3.05, 3.63) is 10.0 Å². The second-order valence-electron chi connectivity index (χ2n) is 5.01. The van der Waals surface area contributed by atoms with E-state index in [2.05, 4.69) is 42.7 Å². The zero-order chi connectivity index (χ0) is 13.7. The third-order valence-electron chi connectivity index (χ3n) is 2.46. The predicted octanol–water partition coefficient (Wildman–Crippen LogP) is 2.31. The van der Waals surface area contributed by atoms with E-state index < -0.39 is 0 Å². The molecule has 0 saturated carbocycles. The minimum Gasteiger partial charge on any atom is -0.391 e. The highest BCUT2D eigenvalue weighted by atomic mass is 35.5. The first-order valence-electron chi connectivity index (χ1n) is 6.09. The van der Waals surface area contributed by atoms with Gasteiger partial charge in [-0.25, -0.2) is 4.98 Å². The van der Waals surface area contributed by atoms with Crippen LogP contribution in [0.25, 0.3) is 0 Å². The molecule has 1 heterocycles. The van der Waals surface area contributed by atoms with Crippen molar-refractivity contribution < 1.29 is 5.11 Å². The van der Waals surface area contributed by atoms with Gasteiger partial charge in [0.2, 0.25) is 0 Å². The van der Waals surface area contributed by atoms with E-state index in [1.54, 1.807) is 0 Å². The van der Waals surface area contributed by atoms with Crippen molar-refractivity contribution in [1.29, 1.82) is 0 Å². The number of thiazole rings is 1. The van der Waals surface area contributed by atoms with Crippen LogP contribution in [0.1, 0.15) is 18.7 Å². The largest absolute Gasteiger partial charge is 0.391 e. The van der Waals surface area contributed by atoms with E-state index in [4.69, 9.17) is 11.6 Å².